The van der Waals surface area contributed by atoms with E-state index < -0.39 is 12.2 Å². The maximum absolute atomic E-state index is 13.0. The number of pyridine rings is 1. The van der Waals surface area contributed by atoms with Crippen LogP contribution in [0.3, 0.4) is 0 Å². The van der Waals surface area contributed by atoms with E-state index in [9.17, 15) is 14.0 Å². The van der Waals surface area contributed by atoms with E-state index in [1.807, 2.05) is 0 Å². The first kappa shape index (κ1) is 20.7. The Labute approximate surface area is 161 Å². The van der Waals surface area contributed by atoms with Crippen LogP contribution in [0.5, 0.6) is 0 Å². The number of halogens is 1. The first-order valence-electron chi connectivity index (χ1n) is 8.59. The summed E-state index contributed by atoms with van der Waals surface area (Å²) in [6, 6.07) is 7.33. The minimum atomic E-state index is -0.704. The molecule has 0 atom stereocenters. The van der Waals surface area contributed by atoms with Gasteiger partial charge in [-0.1, -0.05) is 12.1 Å². The van der Waals surface area contributed by atoms with Gasteiger partial charge in [0, 0.05) is 6.54 Å². The van der Waals surface area contributed by atoms with E-state index in [4.69, 9.17) is 15.2 Å². The molecule has 2 amide bonds. The molecule has 0 spiro atoms. The predicted molar refractivity (Wildman–Crippen MR) is 104 cm³/mol. The Kier molecular flexibility index (Phi) is 7.37. The molecule has 0 radical (unpaired) electrons. The molecule has 1 aromatic carbocycles. The van der Waals surface area contributed by atoms with Gasteiger partial charge in [-0.2, -0.15) is 0 Å². The zero-order chi connectivity index (χ0) is 20.5. The summed E-state index contributed by atoms with van der Waals surface area (Å²) >= 11 is 0. The number of nitrogens with zero attached hydrogens (tertiary/aromatic N) is 1. The summed E-state index contributed by atoms with van der Waals surface area (Å²) in [6.07, 6.45) is -1.40. The van der Waals surface area contributed by atoms with Crippen LogP contribution in [0, 0.1) is 5.82 Å². The lowest BCUT2D eigenvalue weighted by Crippen LogP contribution is -2.18. The largest absolute Gasteiger partial charge is 0.450 e. The van der Waals surface area contributed by atoms with Gasteiger partial charge in [0.25, 0.3) is 0 Å². The van der Waals surface area contributed by atoms with Crippen LogP contribution >= 0.6 is 0 Å². The van der Waals surface area contributed by atoms with E-state index >= 15 is 0 Å². The van der Waals surface area contributed by atoms with Crippen LogP contribution in [0.4, 0.5) is 37.0 Å². The molecule has 1 heterocycles. The van der Waals surface area contributed by atoms with Crippen molar-refractivity contribution in [2.45, 2.75) is 20.4 Å². The zero-order valence-corrected chi connectivity index (χ0v) is 15.5. The topological polar surface area (TPSA) is 128 Å². The molecule has 150 valence electrons. The van der Waals surface area contributed by atoms with Crippen molar-refractivity contribution in [3.8, 4) is 0 Å². The van der Waals surface area contributed by atoms with Crippen molar-refractivity contribution in [1.29, 1.82) is 0 Å². The van der Waals surface area contributed by atoms with Gasteiger partial charge in [0.05, 0.1) is 24.6 Å². The minimum absolute atomic E-state index is 0.0177. The van der Waals surface area contributed by atoms with E-state index in [0.717, 1.165) is 5.56 Å². The molecule has 0 aliphatic carbocycles. The Morgan fingerprint density at radius 2 is 1.61 bits per heavy atom. The van der Waals surface area contributed by atoms with Gasteiger partial charge in [0.1, 0.15) is 11.6 Å². The summed E-state index contributed by atoms with van der Waals surface area (Å²) in [6.45, 7) is 4.00. The monoisotopic (exact) mass is 391 g/mol. The van der Waals surface area contributed by atoms with Crippen LogP contribution < -0.4 is 21.7 Å². The SMILES string of the molecule is CCOC(=O)Nc1cc(NC(=O)OCC)c(NCc2ccc(F)cc2)nc1N. The summed E-state index contributed by atoms with van der Waals surface area (Å²) < 4.78 is 22.7. The van der Waals surface area contributed by atoms with E-state index in [0.29, 0.717) is 6.54 Å². The van der Waals surface area contributed by atoms with Crippen molar-refractivity contribution >= 4 is 35.2 Å². The molecule has 1 aromatic heterocycles. The number of nitrogen functional groups attached to an aromatic ring is 1. The van der Waals surface area contributed by atoms with Crippen molar-refractivity contribution < 1.29 is 23.5 Å². The Balaban J connectivity index is 2.24. The number of anilines is 4. The lowest BCUT2D eigenvalue weighted by Gasteiger charge is -2.16. The number of carbonyl (C=O) groups is 2. The Hall–Kier alpha value is -3.56. The maximum Gasteiger partial charge on any atom is 0.411 e. The number of hydrogen-bond donors (Lipinski definition) is 4. The van der Waals surface area contributed by atoms with Crippen molar-refractivity contribution in [2.24, 2.45) is 0 Å². The Bertz CT molecular complexity index is 829. The first-order chi connectivity index (χ1) is 13.4. The van der Waals surface area contributed by atoms with Gasteiger partial charge in [0.15, 0.2) is 5.82 Å². The number of ether oxygens (including phenoxy) is 2. The quantitative estimate of drug-likeness (QED) is 0.568. The highest BCUT2D eigenvalue weighted by atomic mass is 19.1. The van der Waals surface area contributed by atoms with Crippen LogP contribution in [0.1, 0.15) is 19.4 Å². The van der Waals surface area contributed by atoms with Gasteiger partial charge in [-0.05, 0) is 37.6 Å². The second kappa shape index (κ2) is 9.95. The van der Waals surface area contributed by atoms with Crippen molar-refractivity contribution in [3.63, 3.8) is 0 Å². The third-order valence-electron chi connectivity index (χ3n) is 3.45. The average Bonchev–Trinajstić information content (AvgIpc) is 2.64. The number of carbonyl (C=O) groups excluding carboxylic acids is 2. The van der Waals surface area contributed by atoms with Crippen molar-refractivity contribution in [1.82, 2.24) is 4.98 Å². The number of benzene rings is 1. The molecule has 0 saturated carbocycles. The van der Waals surface area contributed by atoms with Crippen molar-refractivity contribution in [2.75, 3.05) is 34.9 Å². The number of nitrogens with two attached hydrogens (primary N) is 1. The van der Waals surface area contributed by atoms with E-state index in [1.165, 1.54) is 18.2 Å². The number of hydrogen-bond acceptors (Lipinski definition) is 7. The van der Waals surface area contributed by atoms with Gasteiger partial charge >= 0.3 is 12.2 Å². The predicted octanol–water partition coefficient (Wildman–Crippen LogP) is 3.55. The molecular formula is C18H22FN5O4. The van der Waals surface area contributed by atoms with Crippen LogP contribution in [0.25, 0.3) is 0 Å². The first-order valence-corrected chi connectivity index (χ1v) is 8.59. The number of rotatable bonds is 7. The summed E-state index contributed by atoms with van der Waals surface area (Å²) in [5.41, 5.74) is 7.09. The fourth-order valence-electron chi connectivity index (χ4n) is 2.20. The fraction of sp³-hybridized carbons (Fsp3) is 0.278. The lowest BCUT2D eigenvalue weighted by molar-refractivity contribution is 0.167. The molecule has 0 unspecified atom stereocenters. The van der Waals surface area contributed by atoms with Crippen LogP contribution in [0.15, 0.2) is 30.3 Å². The Morgan fingerprint density at radius 1 is 1.04 bits per heavy atom. The molecule has 0 aliphatic heterocycles. The smallest absolute Gasteiger partial charge is 0.411 e. The zero-order valence-electron chi connectivity index (χ0n) is 15.5. The molecule has 0 bridgehead atoms. The van der Waals surface area contributed by atoms with Crippen LogP contribution in [-0.4, -0.2) is 30.4 Å². The Morgan fingerprint density at radius 3 is 2.18 bits per heavy atom. The highest BCUT2D eigenvalue weighted by Gasteiger charge is 2.15. The molecular weight excluding hydrogens is 369 g/mol. The molecule has 2 aromatic rings. The highest BCUT2D eigenvalue weighted by molar-refractivity contribution is 5.94. The van der Waals surface area contributed by atoms with E-state index in [-0.39, 0.29) is 42.0 Å². The second-order valence-electron chi connectivity index (χ2n) is 5.49. The third-order valence-corrected chi connectivity index (χ3v) is 3.45. The van der Waals surface area contributed by atoms with Gasteiger partial charge in [0.2, 0.25) is 0 Å². The third kappa shape index (κ3) is 6.01. The summed E-state index contributed by atoms with van der Waals surface area (Å²) in [7, 11) is 0. The van der Waals surface area contributed by atoms with Crippen LogP contribution in [0.2, 0.25) is 0 Å². The van der Waals surface area contributed by atoms with Gasteiger partial charge < -0.3 is 20.5 Å². The average molecular weight is 391 g/mol. The molecule has 5 N–H and O–H groups in total. The standard InChI is InChI=1S/C18H22FN5O4/c1-3-27-17(25)22-13-9-14(23-18(26)28-4-2)16(24-15(13)20)21-10-11-5-7-12(19)8-6-11/h5-9H,3-4,10H2,1-2H3,(H,22,25)(H,23,26)(H3,20,21,24). The lowest BCUT2D eigenvalue weighted by atomic mass is 10.2. The maximum atomic E-state index is 13.0. The summed E-state index contributed by atoms with van der Waals surface area (Å²) in [4.78, 5) is 27.7. The molecule has 28 heavy (non-hydrogen) atoms. The molecule has 0 aliphatic rings. The van der Waals surface area contributed by atoms with Gasteiger partial charge in [-0.25, -0.2) is 19.0 Å². The minimum Gasteiger partial charge on any atom is -0.450 e. The van der Waals surface area contributed by atoms with Gasteiger partial charge in [-0.3, -0.25) is 10.6 Å². The summed E-state index contributed by atoms with van der Waals surface area (Å²) in [5.74, 6) is -0.0708. The number of amides is 2. The number of nitrogens with one attached hydrogen (secondary N) is 3. The fourth-order valence-corrected chi connectivity index (χ4v) is 2.20. The molecule has 2 rings (SSSR count). The van der Waals surface area contributed by atoms with E-state index in [1.54, 1.807) is 26.0 Å². The second-order valence-corrected chi connectivity index (χ2v) is 5.49. The molecule has 0 saturated heterocycles. The molecule has 9 nitrogen and oxygen atoms in total. The normalized spacial score (nSPS) is 10.1. The highest BCUT2D eigenvalue weighted by Crippen LogP contribution is 2.29. The number of aromatic nitrogens is 1. The molecule has 0 fully saturated rings. The van der Waals surface area contributed by atoms with Gasteiger partial charge in [-0.15, -0.1) is 0 Å². The van der Waals surface area contributed by atoms with Crippen LogP contribution in [-0.2, 0) is 16.0 Å². The summed E-state index contributed by atoms with van der Waals surface area (Å²) in [5, 5.41) is 8.00. The molecule has 10 heteroatoms. The van der Waals surface area contributed by atoms with E-state index in [2.05, 4.69) is 20.9 Å². The van der Waals surface area contributed by atoms with Crippen molar-refractivity contribution in [3.05, 3.63) is 41.7 Å².